The highest BCUT2D eigenvalue weighted by atomic mass is 32.2. The molecule has 168 valence electrons. The minimum atomic E-state index is 0.0587. The van der Waals surface area contributed by atoms with Gasteiger partial charge in [-0.15, -0.1) is 10.2 Å². The summed E-state index contributed by atoms with van der Waals surface area (Å²) in [6, 6.07) is 16.7. The Morgan fingerprint density at radius 3 is 2.34 bits per heavy atom. The Balaban J connectivity index is 1.34. The van der Waals surface area contributed by atoms with Crippen molar-refractivity contribution in [3.8, 4) is 5.69 Å². The molecule has 2 heterocycles. The van der Waals surface area contributed by atoms with Gasteiger partial charge in [0.15, 0.2) is 5.16 Å². The second-order valence-corrected chi connectivity index (χ2v) is 8.95. The van der Waals surface area contributed by atoms with Crippen LogP contribution in [0.5, 0.6) is 0 Å². The van der Waals surface area contributed by atoms with Gasteiger partial charge < -0.3 is 14.5 Å². The predicted octanol–water partition coefficient (Wildman–Crippen LogP) is 3.47. The van der Waals surface area contributed by atoms with E-state index in [0.717, 1.165) is 48.5 Å². The van der Waals surface area contributed by atoms with Gasteiger partial charge in [0.1, 0.15) is 5.82 Å². The molecule has 1 amide bonds. The number of hydrogen-bond donors (Lipinski definition) is 0. The fourth-order valence-electron chi connectivity index (χ4n) is 3.66. The molecule has 0 radical (unpaired) electrons. The fourth-order valence-corrected chi connectivity index (χ4v) is 4.60. The molecule has 0 atom stereocenters. The molecule has 8 heteroatoms. The van der Waals surface area contributed by atoms with Crippen LogP contribution in [0.2, 0.25) is 0 Å². The summed E-state index contributed by atoms with van der Waals surface area (Å²) in [4.78, 5) is 16.8. The van der Waals surface area contributed by atoms with Crippen LogP contribution in [-0.2, 0) is 16.1 Å². The van der Waals surface area contributed by atoms with Crippen LogP contribution in [0, 0.1) is 13.8 Å². The van der Waals surface area contributed by atoms with Gasteiger partial charge in [0.2, 0.25) is 5.91 Å². The number of aromatic nitrogens is 3. The predicted molar refractivity (Wildman–Crippen MR) is 128 cm³/mol. The summed E-state index contributed by atoms with van der Waals surface area (Å²) in [5.41, 5.74) is 4.51. The molecule has 1 saturated heterocycles. The first-order chi connectivity index (χ1) is 15.5. The third kappa shape index (κ3) is 5.31. The first-order valence-corrected chi connectivity index (χ1v) is 11.8. The summed E-state index contributed by atoms with van der Waals surface area (Å²) in [6.07, 6.45) is 0. The first-order valence-electron chi connectivity index (χ1n) is 10.8. The minimum Gasteiger partial charge on any atom is -0.378 e. The molecule has 1 aliphatic heterocycles. The molecule has 1 aromatic heterocycles. The molecule has 0 N–H and O–H groups in total. The Morgan fingerprint density at radius 2 is 1.66 bits per heavy atom. The van der Waals surface area contributed by atoms with Crippen molar-refractivity contribution in [1.29, 1.82) is 0 Å². The number of thioether (sulfide) groups is 1. The summed E-state index contributed by atoms with van der Waals surface area (Å²) in [7, 11) is 1.84. The van der Waals surface area contributed by atoms with Gasteiger partial charge in [-0.05, 0) is 43.7 Å². The Labute approximate surface area is 193 Å². The van der Waals surface area contributed by atoms with Crippen LogP contribution in [0.25, 0.3) is 5.69 Å². The van der Waals surface area contributed by atoms with Gasteiger partial charge in [-0.2, -0.15) is 0 Å². The standard InChI is InChI=1S/C24H29N5O2S/c1-18-4-8-22(9-5-18)29-19(2)25-26-24(29)32-17-23(30)27(3)16-20-6-10-21(11-7-20)28-12-14-31-15-13-28/h4-11H,12-17H2,1-3H3. The molecule has 32 heavy (non-hydrogen) atoms. The van der Waals surface area contributed by atoms with Crippen molar-refractivity contribution < 1.29 is 9.53 Å². The topological polar surface area (TPSA) is 63.5 Å². The van der Waals surface area contributed by atoms with Crippen molar-refractivity contribution in [3.63, 3.8) is 0 Å². The van der Waals surface area contributed by atoms with Crippen LogP contribution >= 0.6 is 11.8 Å². The fraction of sp³-hybridized carbons (Fsp3) is 0.375. The highest BCUT2D eigenvalue weighted by molar-refractivity contribution is 7.99. The SMILES string of the molecule is Cc1ccc(-n2c(C)nnc2SCC(=O)N(C)Cc2ccc(N3CCOCC3)cc2)cc1. The summed E-state index contributed by atoms with van der Waals surface area (Å²) >= 11 is 1.41. The van der Waals surface area contributed by atoms with Crippen LogP contribution in [0.15, 0.2) is 53.7 Å². The first kappa shape index (κ1) is 22.4. The lowest BCUT2D eigenvalue weighted by molar-refractivity contribution is -0.127. The van der Waals surface area contributed by atoms with Crippen LogP contribution < -0.4 is 4.90 Å². The van der Waals surface area contributed by atoms with E-state index in [2.05, 4.69) is 58.4 Å². The number of anilines is 1. The Kier molecular flexibility index (Phi) is 7.12. The molecular weight excluding hydrogens is 422 g/mol. The van der Waals surface area contributed by atoms with Crippen molar-refractivity contribution in [3.05, 3.63) is 65.5 Å². The molecule has 0 bridgehead atoms. The normalized spacial score (nSPS) is 13.9. The largest absolute Gasteiger partial charge is 0.378 e. The maximum Gasteiger partial charge on any atom is 0.233 e. The highest BCUT2D eigenvalue weighted by Gasteiger charge is 2.16. The molecule has 1 fully saturated rings. The lowest BCUT2D eigenvalue weighted by Gasteiger charge is -2.29. The maximum absolute atomic E-state index is 12.8. The number of rotatable bonds is 7. The Hall–Kier alpha value is -2.84. The number of carbonyl (C=O) groups excluding carboxylic acids is 1. The number of hydrogen-bond acceptors (Lipinski definition) is 6. The van der Waals surface area contributed by atoms with E-state index in [4.69, 9.17) is 4.74 Å². The van der Waals surface area contributed by atoms with Crippen LogP contribution in [0.4, 0.5) is 5.69 Å². The zero-order valence-corrected chi connectivity index (χ0v) is 19.6. The summed E-state index contributed by atoms with van der Waals surface area (Å²) in [5, 5.41) is 9.21. The molecule has 0 unspecified atom stereocenters. The average molecular weight is 452 g/mol. The van der Waals surface area contributed by atoms with E-state index in [9.17, 15) is 4.79 Å². The third-order valence-corrected chi connectivity index (χ3v) is 6.48. The van der Waals surface area contributed by atoms with E-state index >= 15 is 0 Å². The summed E-state index contributed by atoms with van der Waals surface area (Å²) < 4.78 is 7.41. The van der Waals surface area contributed by atoms with E-state index in [0.29, 0.717) is 12.3 Å². The smallest absolute Gasteiger partial charge is 0.233 e. The van der Waals surface area contributed by atoms with Crippen molar-refractivity contribution in [2.75, 3.05) is 44.0 Å². The second-order valence-electron chi connectivity index (χ2n) is 8.01. The van der Waals surface area contributed by atoms with Gasteiger partial charge in [-0.25, -0.2) is 0 Å². The molecular formula is C24H29N5O2S. The molecule has 4 rings (SSSR count). The van der Waals surface area contributed by atoms with Gasteiger partial charge in [0.05, 0.1) is 19.0 Å². The Morgan fingerprint density at radius 1 is 1.00 bits per heavy atom. The number of amides is 1. The quantitative estimate of drug-likeness (QED) is 0.513. The zero-order valence-electron chi connectivity index (χ0n) is 18.8. The zero-order chi connectivity index (χ0) is 22.5. The lowest BCUT2D eigenvalue weighted by atomic mass is 10.2. The molecule has 7 nitrogen and oxygen atoms in total. The lowest BCUT2D eigenvalue weighted by Crippen LogP contribution is -2.36. The van der Waals surface area contributed by atoms with Crippen LogP contribution in [0.1, 0.15) is 17.0 Å². The molecule has 0 aliphatic carbocycles. The number of benzene rings is 2. The van der Waals surface area contributed by atoms with E-state index in [1.165, 1.54) is 23.0 Å². The number of nitrogens with zero attached hydrogens (tertiary/aromatic N) is 5. The van der Waals surface area contributed by atoms with Gasteiger partial charge in [0, 0.05) is 38.1 Å². The number of aryl methyl sites for hydroxylation is 2. The van der Waals surface area contributed by atoms with Crippen molar-refractivity contribution in [2.24, 2.45) is 0 Å². The van der Waals surface area contributed by atoms with Crippen LogP contribution in [-0.4, -0.2) is 64.7 Å². The van der Waals surface area contributed by atoms with Gasteiger partial charge in [-0.3, -0.25) is 9.36 Å². The highest BCUT2D eigenvalue weighted by Crippen LogP contribution is 2.23. The second kappa shape index (κ2) is 10.2. The van der Waals surface area contributed by atoms with Crippen molar-refractivity contribution >= 4 is 23.4 Å². The number of carbonyl (C=O) groups is 1. The van der Waals surface area contributed by atoms with Gasteiger partial charge in [0.25, 0.3) is 0 Å². The van der Waals surface area contributed by atoms with E-state index in [1.54, 1.807) is 4.90 Å². The van der Waals surface area contributed by atoms with Crippen molar-refractivity contribution in [2.45, 2.75) is 25.5 Å². The van der Waals surface area contributed by atoms with Crippen molar-refractivity contribution in [1.82, 2.24) is 19.7 Å². The van der Waals surface area contributed by atoms with Gasteiger partial charge in [-0.1, -0.05) is 41.6 Å². The monoisotopic (exact) mass is 451 g/mol. The molecule has 0 spiro atoms. The summed E-state index contributed by atoms with van der Waals surface area (Å²) in [6.45, 7) is 7.94. The summed E-state index contributed by atoms with van der Waals surface area (Å²) in [5.74, 6) is 1.17. The van der Waals surface area contributed by atoms with Crippen LogP contribution in [0.3, 0.4) is 0 Å². The molecule has 3 aromatic rings. The average Bonchev–Trinajstić information content (AvgIpc) is 3.19. The van der Waals surface area contributed by atoms with Gasteiger partial charge >= 0.3 is 0 Å². The molecule has 1 aliphatic rings. The number of ether oxygens (including phenoxy) is 1. The third-order valence-electron chi connectivity index (χ3n) is 5.57. The van der Waals surface area contributed by atoms with E-state index in [1.807, 2.05) is 30.7 Å². The van der Waals surface area contributed by atoms with E-state index in [-0.39, 0.29) is 5.91 Å². The molecule has 2 aromatic carbocycles. The number of morpholine rings is 1. The maximum atomic E-state index is 12.8. The minimum absolute atomic E-state index is 0.0587. The molecule has 0 saturated carbocycles. The van der Waals surface area contributed by atoms with E-state index < -0.39 is 0 Å². The Bertz CT molecular complexity index is 1040.